The first-order chi connectivity index (χ1) is 36.5. The first-order valence-corrected chi connectivity index (χ1v) is 30.9. The van der Waals surface area contributed by atoms with Gasteiger partial charge < -0.3 is 14.2 Å². The highest BCUT2D eigenvalue weighted by Gasteiger charge is 2.19. The van der Waals surface area contributed by atoms with Gasteiger partial charge in [0.15, 0.2) is 6.10 Å². The lowest BCUT2D eigenvalue weighted by Gasteiger charge is -2.18. The Balaban J connectivity index is 4.08. The molecule has 0 aromatic rings. The maximum absolute atomic E-state index is 12.8. The molecule has 422 valence electrons. The molecule has 1 atom stereocenters. The van der Waals surface area contributed by atoms with Crippen molar-refractivity contribution in [3.05, 3.63) is 109 Å². The Bertz CT molecular complexity index is 1510. The van der Waals surface area contributed by atoms with Crippen LogP contribution in [0.5, 0.6) is 0 Å². The summed E-state index contributed by atoms with van der Waals surface area (Å²) >= 11 is 0. The van der Waals surface area contributed by atoms with Crippen LogP contribution < -0.4 is 0 Å². The van der Waals surface area contributed by atoms with Crippen LogP contribution in [0.15, 0.2) is 109 Å². The average Bonchev–Trinajstić information content (AvgIpc) is 3.40. The number of unbranched alkanes of at least 4 members (excludes halogenated alkanes) is 26. The smallest absolute Gasteiger partial charge is 0.306 e. The van der Waals surface area contributed by atoms with E-state index < -0.39 is 6.10 Å². The molecule has 0 aromatic heterocycles. The molecular weight excluding hydrogens is 913 g/mol. The summed E-state index contributed by atoms with van der Waals surface area (Å²) in [4.78, 5) is 37.9. The van der Waals surface area contributed by atoms with Crippen molar-refractivity contribution in [3.8, 4) is 0 Å². The second-order valence-electron chi connectivity index (χ2n) is 20.2. The van der Waals surface area contributed by atoms with Crippen LogP contribution >= 0.6 is 0 Å². The Morgan fingerprint density at radius 1 is 0.284 bits per heavy atom. The van der Waals surface area contributed by atoms with E-state index in [1.54, 1.807) is 0 Å². The fraction of sp³-hybridized carbons (Fsp3) is 0.691. The van der Waals surface area contributed by atoms with E-state index in [9.17, 15) is 14.4 Å². The first-order valence-electron chi connectivity index (χ1n) is 30.9. The molecule has 0 spiro atoms. The van der Waals surface area contributed by atoms with Crippen LogP contribution in [-0.4, -0.2) is 37.2 Å². The van der Waals surface area contributed by atoms with Gasteiger partial charge >= 0.3 is 17.9 Å². The maximum atomic E-state index is 12.8. The Labute approximate surface area is 457 Å². The summed E-state index contributed by atoms with van der Waals surface area (Å²) in [6.45, 7) is 6.44. The molecule has 0 fully saturated rings. The summed E-state index contributed by atoms with van der Waals surface area (Å²) in [5.41, 5.74) is 0. The summed E-state index contributed by atoms with van der Waals surface area (Å²) in [5, 5.41) is 0. The first kappa shape index (κ1) is 70.1. The van der Waals surface area contributed by atoms with Crippen molar-refractivity contribution in [1.29, 1.82) is 0 Å². The van der Waals surface area contributed by atoms with Gasteiger partial charge in [-0.05, 0) is 109 Å². The van der Waals surface area contributed by atoms with Crippen LogP contribution in [-0.2, 0) is 28.6 Å². The molecule has 0 N–H and O–H groups in total. The zero-order valence-electron chi connectivity index (χ0n) is 48.3. The third-order valence-electron chi connectivity index (χ3n) is 13.0. The molecule has 6 nitrogen and oxygen atoms in total. The fourth-order valence-electron chi connectivity index (χ4n) is 8.39. The van der Waals surface area contributed by atoms with Crippen molar-refractivity contribution in [1.82, 2.24) is 0 Å². The predicted molar refractivity (Wildman–Crippen MR) is 320 cm³/mol. The topological polar surface area (TPSA) is 78.9 Å². The van der Waals surface area contributed by atoms with Crippen molar-refractivity contribution in [2.75, 3.05) is 13.2 Å². The molecule has 0 aliphatic heterocycles. The van der Waals surface area contributed by atoms with E-state index >= 15 is 0 Å². The van der Waals surface area contributed by atoms with Crippen LogP contribution in [0.4, 0.5) is 0 Å². The van der Waals surface area contributed by atoms with Crippen LogP contribution in [0, 0.1) is 0 Å². The molecular formula is C68H114O6. The molecule has 0 aromatic carbocycles. The molecule has 0 aliphatic carbocycles. The van der Waals surface area contributed by atoms with Crippen molar-refractivity contribution in [2.24, 2.45) is 0 Å². The lowest BCUT2D eigenvalue weighted by molar-refractivity contribution is -0.167. The lowest BCUT2D eigenvalue weighted by atomic mass is 10.1. The molecule has 1 unspecified atom stereocenters. The van der Waals surface area contributed by atoms with E-state index in [0.29, 0.717) is 19.3 Å². The molecule has 74 heavy (non-hydrogen) atoms. The minimum Gasteiger partial charge on any atom is -0.462 e. The van der Waals surface area contributed by atoms with Gasteiger partial charge in [0.25, 0.3) is 0 Å². The number of hydrogen-bond acceptors (Lipinski definition) is 6. The zero-order chi connectivity index (χ0) is 53.6. The van der Waals surface area contributed by atoms with Crippen LogP contribution in [0.3, 0.4) is 0 Å². The number of carbonyl (C=O) groups is 3. The minimum atomic E-state index is -0.781. The standard InChI is InChI=1S/C68H114O6/c1-4-7-10-13-15-17-19-21-23-25-27-28-29-30-31-32-33-34-35-36-37-38-39-40-41-43-44-46-48-50-52-55-58-61-67(70)73-64-65(63-72-66(69)60-57-54-12-9-6-3)74-68(71)62-59-56-53-51-49-47-45-42-26-24-22-20-18-16-14-11-8-5-2/h7,10,15,17,21,23-24,26-28,30-31,33-34,36-37,39-40,65H,4-6,8-9,11-14,16,18-20,22,25,29,32,35,38,41-64H2,1-3H3/b10-7-,17-15-,23-21-,26-24-,28-27-,31-30-,34-33-,37-36-,40-39-. The van der Waals surface area contributed by atoms with Gasteiger partial charge in [-0.2, -0.15) is 0 Å². The number of rotatable bonds is 55. The van der Waals surface area contributed by atoms with E-state index in [2.05, 4.69) is 130 Å². The van der Waals surface area contributed by atoms with E-state index in [4.69, 9.17) is 14.2 Å². The van der Waals surface area contributed by atoms with Gasteiger partial charge in [-0.3, -0.25) is 14.4 Å². The van der Waals surface area contributed by atoms with Gasteiger partial charge in [0.1, 0.15) is 13.2 Å². The van der Waals surface area contributed by atoms with Gasteiger partial charge in [0.05, 0.1) is 0 Å². The largest absolute Gasteiger partial charge is 0.462 e. The SMILES string of the molecule is CC/C=C\C/C=C\C/C=C\C/C=C\C/C=C\C/C=C\C/C=C\C/C=C\CCCCCCCCCCC(=O)OCC(COC(=O)CCCCCCC)OC(=O)CCCCCCCCC/C=C\CCCCCCCCC. The Hall–Kier alpha value is -3.93. The number of carbonyl (C=O) groups excluding carboxylic acids is 3. The van der Waals surface area contributed by atoms with Gasteiger partial charge in [-0.1, -0.05) is 265 Å². The average molecular weight is 1030 g/mol. The van der Waals surface area contributed by atoms with Crippen molar-refractivity contribution >= 4 is 17.9 Å². The lowest BCUT2D eigenvalue weighted by Crippen LogP contribution is -2.30. The predicted octanol–water partition coefficient (Wildman–Crippen LogP) is 21.0. The Morgan fingerprint density at radius 3 is 0.838 bits per heavy atom. The molecule has 0 amide bonds. The van der Waals surface area contributed by atoms with Crippen LogP contribution in [0.1, 0.15) is 284 Å². The van der Waals surface area contributed by atoms with Gasteiger partial charge in [0.2, 0.25) is 0 Å². The molecule has 0 bridgehead atoms. The maximum Gasteiger partial charge on any atom is 0.306 e. The highest BCUT2D eigenvalue weighted by molar-refractivity contribution is 5.71. The number of esters is 3. The van der Waals surface area contributed by atoms with Gasteiger partial charge in [0, 0.05) is 19.3 Å². The summed E-state index contributed by atoms with van der Waals surface area (Å²) in [5.74, 6) is -0.906. The highest BCUT2D eigenvalue weighted by atomic mass is 16.6. The third-order valence-corrected chi connectivity index (χ3v) is 13.0. The Kier molecular flexibility index (Phi) is 58.3. The van der Waals surface area contributed by atoms with E-state index in [1.165, 1.54) is 122 Å². The second kappa shape index (κ2) is 61.6. The normalized spacial score (nSPS) is 12.9. The number of allylic oxidation sites excluding steroid dienone is 18. The molecule has 0 saturated carbocycles. The molecule has 0 rings (SSSR count). The summed E-state index contributed by atoms with van der Waals surface area (Å²) < 4.78 is 16.7. The van der Waals surface area contributed by atoms with Crippen molar-refractivity contribution in [2.45, 2.75) is 290 Å². The van der Waals surface area contributed by atoms with Crippen LogP contribution in [0.25, 0.3) is 0 Å². The molecule has 6 heteroatoms. The fourth-order valence-corrected chi connectivity index (χ4v) is 8.39. The third kappa shape index (κ3) is 59.0. The van der Waals surface area contributed by atoms with Gasteiger partial charge in [-0.15, -0.1) is 0 Å². The molecule has 0 radical (unpaired) electrons. The highest BCUT2D eigenvalue weighted by Crippen LogP contribution is 2.15. The summed E-state index contributed by atoms with van der Waals surface area (Å²) in [6.07, 6.45) is 84.2. The molecule has 0 saturated heterocycles. The number of hydrogen-bond donors (Lipinski definition) is 0. The Morgan fingerprint density at radius 2 is 0.527 bits per heavy atom. The van der Waals surface area contributed by atoms with E-state index in [0.717, 1.165) is 122 Å². The second-order valence-corrected chi connectivity index (χ2v) is 20.2. The van der Waals surface area contributed by atoms with Crippen LogP contribution in [0.2, 0.25) is 0 Å². The summed E-state index contributed by atoms with van der Waals surface area (Å²) in [6, 6.07) is 0. The summed E-state index contributed by atoms with van der Waals surface area (Å²) in [7, 11) is 0. The monoisotopic (exact) mass is 1030 g/mol. The minimum absolute atomic E-state index is 0.0823. The quantitative estimate of drug-likeness (QED) is 0.0261. The zero-order valence-corrected chi connectivity index (χ0v) is 48.3. The molecule has 0 aliphatic rings. The molecule has 0 heterocycles. The van der Waals surface area contributed by atoms with Crippen molar-refractivity contribution in [3.63, 3.8) is 0 Å². The van der Waals surface area contributed by atoms with Gasteiger partial charge in [-0.25, -0.2) is 0 Å². The van der Waals surface area contributed by atoms with Crippen molar-refractivity contribution < 1.29 is 28.6 Å². The van der Waals surface area contributed by atoms with E-state index in [1.807, 2.05) is 0 Å². The van der Waals surface area contributed by atoms with E-state index in [-0.39, 0.29) is 31.1 Å². The number of ether oxygens (including phenoxy) is 3.